The number of amides is 1. The summed E-state index contributed by atoms with van der Waals surface area (Å²) in [6.07, 6.45) is 3.64. The summed E-state index contributed by atoms with van der Waals surface area (Å²) in [6.45, 7) is 6.47. The van der Waals surface area contributed by atoms with Gasteiger partial charge in [0, 0.05) is 31.0 Å². The van der Waals surface area contributed by atoms with Gasteiger partial charge >= 0.3 is 12.7 Å². The summed E-state index contributed by atoms with van der Waals surface area (Å²) >= 11 is 0. The molecule has 0 saturated carbocycles. The van der Waals surface area contributed by atoms with Gasteiger partial charge in [-0.2, -0.15) is 18.9 Å². The number of ether oxygens (including phenoxy) is 3. The average Bonchev–Trinajstić information content (AvgIpc) is 3.05. The van der Waals surface area contributed by atoms with Gasteiger partial charge < -0.3 is 24.4 Å². The molecule has 10 nitrogen and oxygen atoms in total. The van der Waals surface area contributed by atoms with Crippen molar-refractivity contribution in [1.82, 2.24) is 25.1 Å². The van der Waals surface area contributed by atoms with Crippen molar-refractivity contribution in [2.75, 3.05) is 5.32 Å². The first-order valence-electron chi connectivity index (χ1n) is 10.3. The highest BCUT2D eigenvalue weighted by molar-refractivity contribution is 5.69. The Labute approximate surface area is 184 Å². The molecule has 0 aliphatic carbocycles. The Morgan fingerprint density at radius 2 is 1.91 bits per heavy atom. The van der Waals surface area contributed by atoms with E-state index >= 15 is 0 Å². The third-order valence-corrected chi connectivity index (χ3v) is 4.69. The maximum absolute atomic E-state index is 12.6. The van der Waals surface area contributed by atoms with Crippen molar-refractivity contribution in [2.24, 2.45) is 0 Å². The number of nitrogens with one attached hydrogen (secondary N) is 2. The Morgan fingerprint density at radius 1 is 1.22 bits per heavy atom. The Balaban J connectivity index is 1.60. The second-order valence-corrected chi connectivity index (χ2v) is 8.66. The Morgan fingerprint density at radius 3 is 2.53 bits per heavy atom. The van der Waals surface area contributed by atoms with E-state index in [9.17, 15) is 13.6 Å². The number of halogens is 2. The number of anilines is 2. The third-order valence-electron chi connectivity index (χ3n) is 4.69. The summed E-state index contributed by atoms with van der Waals surface area (Å²) in [7, 11) is 0. The lowest BCUT2D eigenvalue weighted by Crippen LogP contribution is -2.53. The van der Waals surface area contributed by atoms with Crippen LogP contribution in [0, 0.1) is 0 Å². The number of carbonyl (C=O) groups is 1. The molecule has 176 valence electrons. The first kappa shape index (κ1) is 23.5. The Bertz CT molecular complexity index is 907. The van der Waals surface area contributed by atoms with Gasteiger partial charge in [0.15, 0.2) is 11.6 Å². The van der Waals surface area contributed by atoms with Gasteiger partial charge in [0.05, 0.1) is 12.4 Å². The van der Waals surface area contributed by atoms with Crippen LogP contribution in [0.3, 0.4) is 0 Å². The minimum absolute atomic E-state index is 0.0785. The van der Waals surface area contributed by atoms with Crippen LogP contribution in [-0.2, 0) is 4.74 Å². The van der Waals surface area contributed by atoms with E-state index in [0.717, 1.165) is 0 Å². The number of alkyl halides is 2. The van der Waals surface area contributed by atoms with Crippen molar-refractivity contribution in [3.8, 4) is 11.8 Å². The molecule has 1 aliphatic heterocycles. The van der Waals surface area contributed by atoms with E-state index in [4.69, 9.17) is 9.47 Å². The van der Waals surface area contributed by atoms with Gasteiger partial charge in [-0.05, 0) is 34.6 Å². The van der Waals surface area contributed by atoms with Crippen LogP contribution in [0.25, 0.3) is 0 Å². The van der Waals surface area contributed by atoms with Crippen LogP contribution in [0.5, 0.6) is 11.8 Å². The van der Waals surface area contributed by atoms with Crippen LogP contribution in [0.1, 0.15) is 47.5 Å². The van der Waals surface area contributed by atoms with Crippen molar-refractivity contribution < 1.29 is 27.8 Å². The van der Waals surface area contributed by atoms with Crippen molar-refractivity contribution in [2.45, 2.75) is 77.9 Å². The zero-order valence-corrected chi connectivity index (χ0v) is 18.6. The van der Waals surface area contributed by atoms with Gasteiger partial charge in [-0.1, -0.05) is 0 Å². The van der Waals surface area contributed by atoms with E-state index in [1.807, 2.05) is 34.6 Å². The molecule has 1 aliphatic rings. The number of H-pyrrole nitrogens is 1. The van der Waals surface area contributed by atoms with Crippen LogP contribution < -0.4 is 14.8 Å². The zero-order valence-electron chi connectivity index (χ0n) is 18.6. The van der Waals surface area contributed by atoms with E-state index in [1.165, 1.54) is 18.5 Å². The first-order valence-corrected chi connectivity index (χ1v) is 10.3. The van der Waals surface area contributed by atoms with E-state index < -0.39 is 12.2 Å². The second kappa shape index (κ2) is 9.53. The number of aromatic amines is 1. The van der Waals surface area contributed by atoms with E-state index in [0.29, 0.717) is 24.5 Å². The second-order valence-electron chi connectivity index (χ2n) is 8.66. The number of likely N-dealkylation sites (tertiary alicyclic amines) is 1. The number of hydrogen-bond acceptors (Lipinski definition) is 8. The van der Waals surface area contributed by atoms with Gasteiger partial charge in [0.2, 0.25) is 11.8 Å². The van der Waals surface area contributed by atoms with Crippen molar-refractivity contribution >= 4 is 17.7 Å². The van der Waals surface area contributed by atoms with Crippen LogP contribution in [-0.4, -0.2) is 61.6 Å². The maximum Gasteiger partial charge on any atom is 0.410 e. The van der Waals surface area contributed by atoms with Crippen LogP contribution in [0.4, 0.5) is 25.2 Å². The molecule has 2 aromatic heterocycles. The van der Waals surface area contributed by atoms with Crippen molar-refractivity contribution in [3.05, 3.63) is 18.5 Å². The molecule has 3 atom stereocenters. The number of nitrogens with zero attached hydrogens (tertiary/aromatic N) is 4. The van der Waals surface area contributed by atoms with E-state index in [2.05, 4.69) is 30.2 Å². The van der Waals surface area contributed by atoms with Gasteiger partial charge in [-0.3, -0.25) is 4.98 Å². The largest absolute Gasteiger partial charge is 0.473 e. The summed E-state index contributed by atoms with van der Waals surface area (Å²) in [6, 6.07) is 1.12. The summed E-state index contributed by atoms with van der Waals surface area (Å²) in [5, 5.41) is 9.01. The highest BCUT2D eigenvalue weighted by atomic mass is 19.3. The monoisotopic (exact) mass is 454 g/mol. The lowest BCUT2D eigenvalue weighted by molar-refractivity contribution is -0.0529. The minimum atomic E-state index is -2.95. The molecule has 12 heteroatoms. The number of aromatic nitrogens is 4. The van der Waals surface area contributed by atoms with Gasteiger partial charge in [0.1, 0.15) is 11.7 Å². The fraction of sp³-hybridized carbons (Fsp3) is 0.600. The topological polar surface area (TPSA) is 114 Å². The predicted octanol–water partition coefficient (Wildman–Crippen LogP) is 4.10. The molecular weight excluding hydrogens is 426 g/mol. The van der Waals surface area contributed by atoms with Gasteiger partial charge in [-0.25, -0.2) is 9.89 Å². The summed E-state index contributed by atoms with van der Waals surface area (Å²) in [5.74, 6) is 0.678. The van der Waals surface area contributed by atoms with Crippen LogP contribution in [0.15, 0.2) is 18.5 Å². The molecule has 0 aromatic carbocycles. The number of carbonyl (C=O) groups excluding carboxylic acids is 1. The Hall–Kier alpha value is -3.18. The standard InChI is InChI=1S/C20H28F2N6O4/c1-11-6-13(7-12(2)28(11)19(29)32-20(3,4)5)30-17-10-23-9-15(25-17)24-14-8-16(27-26-14)31-18(21)22/h8-13,18H,6-7H2,1-5H3,(H2,24,25,26,27)/t11-,12+,13?. The van der Waals surface area contributed by atoms with Gasteiger partial charge in [-0.15, -0.1) is 0 Å². The molecule has 1 amide bonds. The molecule has 3 rings (SSSR count). The lowest BCUT2D eigenvalue weighted by Gasteiger charge is -2.42. The van der Waals surface area contributed by atoms with E-state index in [1.54, 1.807) is 4.90 Å². The molecule has 2 aromatic rings. The predicted molar refractivity (Wildman–Crippen MR) is 111 cm³/mol. The molecule has 32 heavy (non-hydrogen) atoms. The molecule has 2 N–H and O–H groups in total. The molecule has 3 heterocycles. The maximum atomic E-state index is 12.6. The molecule has 1 saturated heterocycles. The SMILES string of the molecule is C[C@@H]1CC(Oc2cncc(Nc3cc(OC(F)F)[nH]n3)n2)C[C@H](C)N1C(=O)OC(C)(C)C. The fourth-order valence-corrected chi connectivity index (χ4v) is 3.58. The van der Waals surface area contributed by atoms with Crippen molar-refractivity contribution in [3.63, 3.8) is 0 Å². The fourth-order valence-electron chi connectivity index (χ4n) is 3.58. The molecule has 0 spiro atoms. The Kier molecular flexibility index (Phi) is 6.99. The molecule has 0 bridgehead atoms. The number of piperidine rings is 1. The van der Waals surface area contributed by atoms with Crippen LogP contribution in [0.2, 0.25) is 0 Å². The molecule has 0 radical (unpaired) electrons. The van der Waals surface area contributed by atoms with E-state index in [-0.39, 0.29) is 36.0 Å². The van der Waals surface area contributed by atoms with Crippen LogP contribution >= 0.6 is 0 Å². The van der Waals surface area contributed by atoms with Gasteiger partial charge in [0.25, 0.3) is 0 Å². The third kappa shape index (κ3) is 6.41. The molecular formula is C20H28F2N6O4. The lowest BCUT2D eigenvalue weighted by atomic mass is 9.95. The quantitative estimate of drug-likeness (QED) is 0.671. The molecule has 1 unspecified atom stereocenters. The average molecular weight is 454 g/mol. The zero-order chi connectivity index (χ0) is 23.5. The number of hydrogen-bond donors (Lipinski definition) is 2. The summed E-state index contributed by atoms with van der Waals surface area (Å²) in [5.41, 5.74) is -0.562. The smallest absolute Gasteiger partial charge is 0.410 e. The highest BCUT2D eigenvalue weighted by Crippen LogP contribution is 2.28. The number of rotatable bonds is 6. The first-order chi connectivity index (χ1) is 15.0. The van der Waals surface area contributed by atoms with Crippen molar-refractivity contribution in [1.29, 1.82) is 0 Å². The minimum Gasteiger partial charge on any atom is -0.473 e. The molecule has 1 fully saturated rings. The normalized spacial score (nSPS) is 21.4. The summed E-state index contributed by atoms with van der Waals surface area (Å²) < 4.78 is 40.3. The highest BCUT2D eigenvalue weighted by Gasteiger charge is 2.37. The summed E-state index contributed by atoms with van der Waals surface area (Å²) in [4.78, 5) is 22.7.